The number of hydrogen-bond donors (Lipinski definition) is 1. The van der Waals surface area contributed by atoms with Gasteiger partial charge in [-0.1, -0.05) is 78.9 Å². The number of hydrogen-bond acceptors (Lipinski definition) is 1. The van der Waals surface area contributed by atoms with E-state index in [-0.39, 0.29) is 6.42 Å². The summed E-state index contributed by atoms with van der Waals surface area (Å²) in [5.74, 6) is -0.823. The van der Waals surface area contributed by atoms with Gasteiger partial charge in [-0.2, -0.15) is 0 Å². The maximum Gasteiger partial charge on any atom is 0.307 e. The fraction of sp³-hybridized carbons (Fsp3) is 0.0556. The lowest BCUT2D eigenvalue weighted by atomic mass is 9.97. The van der Waals surface area contributed by atoms with E-state index < -0.39 is 5.97 Å². The molecule has 2 heteroatoms. The lowest BCUT2D eigenvalue weighted by molar-refractivity contribution is -0.135. The first kappa shape index (κ1) is 13.8. The summed E-state index contributed by atoms with van der Waals surface area (Å²) in [5, 5.41) is 8.64. The molecule has 0 aromatic heterocycles. The van der Waals surface area contributed by atoms with Gasteiger partial charge in [0.05, 0.1) is 6.42 Å². The van der Waals surface area contributed by atoms with E-state index in [1.54, 1.807) is 12.2 Å². The molecule has 2 aromatic rings. The zero-order chi connectivity index (χ0) is 14.2. The Balaban J connectivity index is 2.33. The minimum atomic E-state index is -0.823. The zero-order valence-corrected chi connectivity index (χ0v) is 11.1. The Kier molecular flexibility index (Phi) is 4.90. The van der Waals surface area contributed by atoms with Gasteiger partial charge in [-0.15, -0.1) is 0 Å². The quantitative estimate of drug-likeness (QED) is 0.824. The lowest BCUT2D eigenvalue weighted by Gasteiger charge is -2.07. The summed E-state index contributed by atoms with van der Waals surface area (Å²) in [4.78, 5) is 10.5. The third kappa shape index (κ3) is 3.95. The molecule has 0 heterocycles. The number of aliphatic carboxylic acids is 1. The summed E-state index contributed by atoms with van der Waals surface area (Å²) in [6.45, 7) is 0. The summed E-state index contributed by atoms with van der Waals surface area (Å²) in [7, 11) is 0. The van der Waals surface area contributed by atoms with E-state index in [1.807, 2.05) is 66.7 Å². The number of carboxylic acids is 1. The number of benzene rings is 2. The first-order valence-electron chi connectivity index (χ1n) is 6.47. The van der Waals surface area contributed by atoms with Gasteiger partial charge in [0, 0.05) is 0 Å². The highest BCUT2D eigenvalue weighted by Gasteiger charge is 2.02. The van der Waals surface area contributed by atoms with Crippen LogP contribution in [0.4, 0.5) is 0 Å². The molecule has 0 atom stereocenters. The van der Waals surface area contributed by atoms with Crippen molar-refractivity contribution in [3.8, 4) is 0 Å². The second-order valence-electron chi connectivity index (χ2n) is 4.34. The molecule has 2 aromatic carbocycles. The standard InChI is InChI=1S/C18H16O2/c19-18(20)14-8-7-13-17(15-9-3-1-4-10-15)16-11-5-2-6-12-16/h1-13H,14H2,(H,19,20)/b8-7+. The molecule has 0 spiro atoms. The van der Waals surface area contributed by atoms with Crippen LogP contribution < -0.4 is 0 Å². The predicted molar refractivity (Wildman–Crippen MR) is 81.4 cm³/mol. The van der Waals surface area contributed by atoms with Crippen LogP contribution in [0, 0.1) is 0 Å². The number of carboxylic acid groups (broad SMARTS) is 1. The van der Waals surface area contributed by atoms with E-state index in [1.165, 1.54) is 0 Å². The SMILES string of the molecule is O=C(O)C/C=C/C=C(c1ccccc1)c1ccccc1. The van der Waals surface area contributed by atoms with Gasteiger partial charge in [-0.3, -0.25) is 4.79 Å². The predicted octanol–water partition coefficient (Wildman–Crippen LogP) is 4.15. The van der Waals surface area contributed by atoms with Crippen molar-refractivity contribution in [2.24, 2.45) is 0 Å². The highest BCUT2D eigenvalue weighted by atomic mass is 16.4. The Bertz CT molecular complexity index is 569. The number of allylic oxidation sites excluding steroid dienone is 2. The van der Waals surface area contributed by atoms with E-state index in [0.29, 0.717) is 0 Å². The van der Waals surface area contributed by atoms with E-state index in [9.17, 15) is 4.79 Å². The summed E-state index contributed by atoms with van der Waals surface area (Å²) in [5.41, 5.74) is 3.30. The van der Waals surface area contributed by atoms with Crippen molar-refractivity contribution < 1.29 is 9.90 Å². The van der Waals surface area contributed by atoms with Crippen molar-refractivity contribution in [1.29, 1.82) is 0 Å². The summed E-state index contributed by atoms with van der Waals surface area (Å²) in [6, 6.07) is 20.1. The van der Waals surface area contributed by atoms with Crippen LogP contribution in [0.1, 0.15) is 17.5 Å². The molecule has 0 bridgehead atoms. The Morgan fingerprint density at radius 1 is 0.900 bits per heavy atom. The third-order valence-electron chi connectivity index (χ3n) is 2.86. The van der Waals surface area contributed by atoms with Crippen LogP contribution in [-0.4, -0.2) is 11.1 Å². The summed E-state index contributed by atoms with van der Waals surface area (Å²) in [6.07, 6.45) is 5.43. The van der Waals surface area contributed by atoms with Crippen LogP contribution in [0.15, 0.2) is 78.9 Å². The van der Waals surface area contributed by atoms with E-state index >= 15 is 0 Å². The Hall–Kier alpha value is -2.61. The van der Waals surface area contributed by atoms with Crippen molar-refractivity contribution in [3.05, 3.63) is 90.0 Å². The zero-order valence-electron chi connectivity index (χ0n) is 11.1. The molecule has 20 heavy (non-hydrogen) atoms. The van der Waals surface area contributed by atoms with Crippen LogP contribution in [0.3, 0.4) is 0 Å². The molecule has 0 saturated carbocycles. The van der Waals surface area contributed by atoms with Crippen molar-refractivity contribution in [1.82, 2.24) is 0 Å². The Labute approximate surface area is 118 Å². The molecular weight excluding hydrogens is 248 g/mol. The normalized spacial score (nSPS) is 10.4. The first-order chi connectivity index (χ1) is 9.77. The number of carbonyl (C=O) groups is 1. The van der Waals surface area contributed by atoms with Gasteiger partial charge in [0.25, 0.3) is 0 Å². The molecule has 0 aliphatic carbocycles. The van der Waals surface area contributed by atoms with Gasteiger partial charge in [-0.05, 0) is 16.7 Å². The number of rotatable bonds is 5. The van der Waals surface area contributed by atoms with Gasteiger partial charge in [0.15, 0.2) is 0 Å². The minimum absolute atomic E-state index is 0.0351. The maximum absolute atomic E-state index is 10.5. The first-order valence-corrected chi connectivity index (χ1v) is 6.47. The molecule has 0 fully saturated rings. The Morgan fingerprint density at radius 3 is 1.85 bits per heavy atom. The smallest absolute Gasteiger partial charge is 0.307 e. The maximum atomic E-state index is 10.5. The highest BCUT2D eigenvalue weighted by molar-refractivity contribution is 5.80. The average Bonchev–Trinajstić information content (AvgIpc) is 2.49. The molecule has 0 amide bonds. The molecule has 0 unspecified atom stereocenters. The van der Waals surface area contributed by atoms with Crippen LogP contribution in [0.2, 0.25) is 0 Å². The summed E-state index contributed by atoms with van der Waals surface area (Å²) < 4.78 is 0. The fourth-order valence-electron chi connectivity index (χ4n) is 1.93. The monoisotopic (exact) mass is 264 g/mol. The second kappa shape index (κ2) is 7.10. The second-order valence-corrected chi connectivity index (χ2v) is 4.34. The molecule has 2 nitrogen and oxygen atoms in total. The van der Waals surface area contributed by atoms with Crippen molar-refractivity contribution in [3.63, 3.8) is 0 Å². The van der Waals surface area contributed by atoms with Crippen molar-refractivity contribution in [2.45, 2.75) is 6.42 Å². The van der Waals surface area contributed by atoms with Gasteiger partial charge < -0.3 is 5.11 Å². The van der Waals surface area contributed by atoms with E-state index in [4.69, 9.17) is 5.11 Å². The van der Waals surface area contributed by atoms with Gasteiger partial charge >= 0.3 is 5.97 Å². The van der Waals surface area contributed by atoms with E-state index in [0.717, 1.165) is 16.7 Å². The third-order valence-corrected chi connectivity index (χ3v) is 2.86. The van der Waals surface area contributed by atoms with Crippen molar-refractivity contribution >= 4 is 11.5 Å². The molecule has 0 aliphatic heterocycles. The van der Waals surface area contributed by atoms with Crippen LogP contribution in [0.5, 0.6) is 0 Å². The van der Waals surface area contributed by atoms with Crippen LogP contribution in [0.25, 0.3) is 5.57 Å². The summed E-state index contributed by atoms with van der Waals surface area (Å²) >= 11 is 0. The topological polar surface area (TPSA) is 37.3 Å². The van der Waals surface area contributed by atoms with Crippen LogP contribution >= 0.6 is 0 Å². The fourth-order valence-corrected chi connectivity index (χ4v) is 1.93. The highest BCUT2D eigenvalue weighted by Crippen LogP contribution is 2.23. The average molecular weight is 264 g/mol. The lowest BCUT2D eigenvalue weighted by Crippen LogP contribution is -1.90. The largest absolute Gasteiger partial charge is 0.481 e. The van der Waals surface area contributed by atoms with Crippen LogP contribution in [-0.2, 0) is 4.79 Å². The molecule has 0 radical (unpaired) electrons. The molecular formula is C18H16O2. The minimum Gasteiger partial charge on any atom is -0.481 e. The molecule has 100 valence electrons. The molecule has 2 rings (SSSR count). The van der Waals surface area contributed by atoms with Gasteiger partial charge in [0.1, 0.15) is 0 Å². The Morgan fingerprint density at radius 2 is 1.40 bits per heavy atom. The van der Waals surface area contributed by atoms with Gasteiger partial charge in [-0.25, -0.2) is 0 Å². The van der Waals surface area contributed by atoms with Gasteiger partial charge in [0.2, 0.25) is 0 Å². The molecule has 1 N–H and O–H groups in total. The molecule has 0 aliphatic rings. The van der Waals surface area contributed by atoms with Crippen molar-refractivity contribution in [2.75, 3.05) is 0 Å². The van der Waals surface area contributed by atoms with E-state index in [2.05, 4.69) is 0 Å². The molecule has 0 saturated heterocycles.